The van der Waals surface area contributed by atoms with Gasteiger partial charge in [-0.3, -0.25) is 4.90 Å². The van der Waals surface area contributed by atoms with E-state index in [0.29, 0.717) is 24.6 Å². The van der Waals surface area contributed by atoms with E-state index in [0.717, 1.165) is 17.7 Å². The lowest BCUT2D eigenvalue weighted by atomic mass is 9.60. The second-order valence-electron chi connectivity index (χ2n) is 7.83. The maximum absolute atomic E-state index is 9.93. The molecule has 142 valence electrons. The van der Waals surface area contributed by atoms with Crippen molar-refractivity contribution in [2.75, 3.05) is 19.6 Å². The molecule has 28 heavy (non-hydrogen) atoms. The van der Waals surface area contributed by atoms with Crippen LogP contribution in [-0.2, 0) is 0 Å². The van der Waals surface area contributed by atoms with Gasteiger partial charge in [0.15, 0.2) is 0 Å². The minimum absolute atomic E-state index is 0.0883. The van der Waals surface area contributed by atoms with Crippen molar-refractivity contribution in [3.8, 4) is 18.2 Å². The molecule has 0 saturated heterocycles. The van der Waals surface area contributed by atoms with Gasteiger partial charge in [0.25, 0.3) is 0 Å². The summed E-state index contributed by atoms with van der Waals surface area (Å²) in [5.74, 6) is 0.0449. The lowest BCUT2D eigenvalue weighted by Gasteiger charge is -2.45. The number of hydrogen-bond donors (Lipinski definition) is 1. The highest BCUT2D eigenvalue weighted by Gasteiger charge is 2.52. The molecule has 0 spiro atoms. The number of benzene rings is 1. The lowest BCUT2D eigenvalue weighted by molar-refractivity contribution is 0.234. The van der Waals surface area contributed by atoms with Gasteiger partial charge in [-0.2, -0.15) is 15.8 Å². The van der Waals surface area contributed by atoms with Crippen LogP contribution in [0.2, 0.25) is 0 Å². The van der Waals surface area contributed by atoms with Gasteiger partial charge in [-0.05, 0) is 29.2 Å². The molecule has 1 aromatic carbocycles. The molecule has 2 atom stereocenters. The number of likely N-dealkylation sites (N-methyl/N-ethyl adjacent to an activating group) is 1. The fourth-order valence-electron chi connectivity index (χ4n) is 4.42. The van der Waals surface area contributed by atoms with Gasteiger partial charge in [-0.15, -0.1) is 0 Å². The molecule has 1 aliphatic heterocycles. The van der Waals surface area contributed by atoms with Crippen LogP contribution in [0.1, 0.15) is 43.7 Å². The van der Waals surface area contributed by atoms with Crippen molar-refractivity contribution in [3.63, 3.8) is 0 Å². The third-order valence-corrected chi connectivity index (χ3v) is 6.13. The predicted octanol–water partition coefficient (Wildman–Crippen LogP) is 3.56. The number of rotatable bonds is 3. The number of allylic oxidation sites excluding steroid dienone is 2. The van der Waals surface area contributed by atoms with Gasteiger partial charge < -0.3 is 5.73 Å². The van der Waals surface area contributed by atoms with Gasteiger partial charge in [-0.25, -0.2) is 0 Å². The summed E-state index contributed by atoms with van der Waals surface area (Å²) in [4.78, 5) is 2.26. The summed E-state index contributed by atoms with van der Waals surface area (Å²) in [7, 11) is 0. The third kappa shape index (κ3) is 2.88. The smallest absolute Gasteiger partial charge is 0.204 e. The predicted molar refractivity (Wildman–Crippen MR) is 107 cm³/mol. The first kappa shape index (κ1) is 19.7. The van der Waals surface area contributed by atoms with Crippen LogP contribution >= 0.6 is 0 Å². The van der Waals surface area contributed by atoms with Gasteiger partial charge in [0.2, 0.25) is 5.41 Å². The lowest BCUT2D eigenvalue weighted by Crippen LogP contribution is -2.47. The zero-order valence-electron chi connectivity index (χ0n) is 16.6. The van der Waals surface area contributed by atoms with E-state index in [1.807, 2.05) is 6.08 Å². The third-order valence-electron chi connectivity index (χ3n) is 6.13. The summed E-state index contributed by atoms with van der Waals surface area (Å²) < 4.78 is 0. The summed E-state index contributed by atoms with van der Waals surface area (Å²) >= 11 is 0. The highest BCUT2D eigenvalue weighted by atomic mass is 15.1. The van der Waals surface area contributed by atoms with Crippen molar-refractivity contribution < 1.29 is 0 Å². The van der Waals surface area contributed by atoms with Crippen LogP contribution in [0, 0.1) is 45.3 Å². The standard InChI is InChI=1S/C23H25N5/c1-4-28-10-9-20-19(12-28)21(17-7-5-16(6-8-17)15(2)3)18(11-24)22(27)23(20,13-25)14-26/h5-9,15,19,21H,4,10,12,27H2,1-3H3/t19-,21-/m1/s1. The van der Waals surface area contributed by atoms with Crippen LogP contribution in [0.3, 0.4) is 0 Å². The van der Waals surface area contributed by atoms with E-state index < -0.39 is 5.41 Å². The second kappa shape index (κ2) is 7.51. The van der Waals surface area contributed by atoms with Gasteiger partial charge in [0.05, 0.1) is 29.5 Å². The van der Waals surface area contributed by atoms with E-state index in [-0.39, 0.29) is 17.5 Å². The molecule has 0 unspecified atom stereocenters. The second-order valence-corrected chi connectivity index (χ2v) is 7.83. The van der Waals surface area contributed by atoms with E-state index in [4.69, 9.17) is 5.73 Å². The molecule has 1 aliphatic carbocycles. The average molecular weight is 371 g/mol. The van der Waals surface area contributed by atoms with Gasteiger partial charge in [0.1, 0.15) is 0 Å². The Labute approximate surface area is 167 Å². The topological polar surface area (TPSA) is 101 Å². The van der Waals surface area contributed by atoms with E-state index in [9.17, 15) is 15.8 Å². The van der Waals surface area contributed by atoms with Crippen LogP contribution < -0.4 is 5.73 Å². The molecule has 1 aromatic rings. The Hall–Kier alpha value is -3.07. The fourth-order valence-corrected chi connectivity index (χ4v) is 4.42. The maximum Gasteiger partial charge on any atom is 0.204 e. The highest BCUT2D eigenvalue weighted by molar-refractivity contribution is 5.58. The highest BCUT2D eigenvalue weighted by Crippen LogP contribution is 2.52. The monoisotopic (exact) mass is 371 g/mol. The molecule has 0 amide bonds. The molecule has 2 N–H and O–H groups in total. The van der Waals surface area contributed by atoms with Crippen LogP contribution in [0.4, 0.5) is 0 Å². The maximum atomic E-state index is 9.93. The van der Waals surface area contributed by atoms with Crippen molar-refractivity contribution in [2.45, 2.75) is 32.6 Å². The molecule has 0 saturated carbocycles. The van der Waals surface area contributed by atoms with E-state index in [1.54, 1.807) is 0 Å². The Morgan fingerprint density at radius 3 is 2.32 bits per heavy atom. The Morgan fingerprint density at radius 2 is 1.82 bits per heavy atom. The number of nitrogens with zero attached hydrogens (tertiary/aromatic N) is 4. The van der Waals surface area contributed by atoms with Crippen molar-refractivity contribution in [1.29, 1.82) is 15.8 Å². The van der Waals surface area contributed by atoms with Crippen molar-refractivity contribution in [3.05, 3.63) is 58.3 Å². The normalized spacial score (nSPS) is 24.0. The van der Waals surface area contributed by atoms with Gasteiger partial charge >= 0.3 is 0 Å². The molecular formula is C23H25N5. The summed E-state index contributed by atoms with van der Waals surface area (Å²) in [6, 6.07) is 14.8. The molecule has 1 heterocycles. The summed E-state index contributed by atoms with van der Waals surface area (Å²) in [6.07, 6.45) is 1.97. The molecule has 0 fully saturated rings. The zero-order valence-corrected chi connectivity index (χ0v) is 16.6. The van der Waals surface area contributed by atoms with Crippen molar-refractivity contribution in [1.82, 2.24) is 4.90 Å². The van der Waals surface area contributed by atoms with Crippen molar-refractivity contribution in [2.24, 2.45) is 17.1 Å². The van der Waals surface area contributed by atoms with Gasteiger partial charge in [-0.1, -0.05) is 51.1 Å². The zero-order chi connectivity index (χ0) is 20.5. The first-order chi connectivity index (χ1) is 13.4. The molecule has 0 radical (unpaired) electrons. The first-order valence-corrected chi connectivity index (χ1v) is 9.68. The Bertz CT molecular complexity index is 933. The Morgan fingerprint density at radius 1 is 1.18 bits per heavy atom. The molecule has 5 nitrogen and oxygen atoms in total. The molecule has 0 aromatic heterocycles. The Kier molecular flexibility index (Phi) is 5.28. The summed E-state index contributed by atoms with van der Waals surface area (Å²) in [5.41, 5.74) is 8.19. The largest absolute Gasteiger partial charge is 0.399 e. The summed E-state index contributed by atoms with van der Waals surface area (Å²) in [6.45, 7) is 8.62. The molecular weight excluding hydrogens is 346 g/mol. The van der Waals surface area contributed by atoms with Crippen LogP contribution in [0.15, 0.2) is 47.2 Å². The molecule has 2 aliphatic rings. The van der Waals surface area contributed by atoms with Crippen LogP contribution in [0.5, 0.6) is 0 Å². The number of hydrogen-bond acceptors (Lipinski definition) is 5. The first-order valence-electron chi connectivity index (χ1n) is 9.68. The van der Waals surface area contributed by atoms with Crippen LogP contribution in [0.25, 0.3) is 0 Å². The summed E-state index contributed by atoms with van der Waals surface area (Å²) in [5, 5.41) is 29.7. The molecule has 0 bridgehead atoms. The minimum atomic E-state index is -1.55. The minimum Gasteiger partial charge on any atom is -0.399 e. The fraction of sp³-hybridized carbons (Fsp3) is 0.435. The van der Waals surface area contributed by atoms with E-state index in [1.165, 1.54) is 5.56 Å². The number of nitrogens with two attached hydrogens (primary N) is 1. The van der Waals surface area contributed by atoms with E-state index >= 15 is 0 Å². The van der Waals surface area contributed by atoms with E-state index in [2.05, 4.69) is 68.1 Å². The number of fused-ring (bicyclic) bond motifs is 1. The molecule has 3 rings (SSSR count). The van der Waals surface area contributed by atoms with Crippen molar-refractivity contribution >= 4 is 0 Å². The molecule has 5 heteroatoms. The van der Waals surface area contributed by atoms with Gasteiger partial charge in [0, 0.05) is 24.9 Å². The quantitative estimate of drug-likeness (QED) is 0.819. The van der Waals surface area contributed by atoms with Crippen LogP contribution in [-0.4, -0.2) is 24.5 Å². The average Bonchev–Trinajstić information content (AvgIpc) is 2.73. The SMILES string of the molecule is CCN1CC=C2[C@@H](C1)[C@H](c1ccc(C(C)C)cc1)C(C#N)=C(N)C2(C#N)C#N. The number of nitriles is 3. The Balaban J connectivity index is 2.23.